The van der Waals surface area contributed by atoms with Gasteiger partial charge in [0, 0.05) is 24.2 Å². The molecule has 0 radical (unpaired) electrons. The fourth-order valence-corrected chi connectivity index (χ4v) is 2.08. The SMILES string of the molecule is OC1CCN(c2ccsc2)C1. The zero-order valence-electron chi connectivity index (χ0n) is 6.23. The zero-order valence-corrected chi connectivity index (χ0v) is 7.05. The maximum absolute atomic E-state index is 9.26. The highest BCUT2D eigenvalue weighted by molar-refractivity contribution is 7.08. The van der Waals surface area contributed by atoms with E-state index < -0.39 is 0 Å². The van der Waals surface area contributed by atoms with Gasteiger partial charge in [-0.05, 0) is 17.9 Å². The van der Waals surface area contributed by atoms with E-state index in [1.807, 2.05) is 0 Å². The average molecular weight is 169 g/mol. The summed E-state index contributed by atoms with van der Waals surface area (Å²) in [4.78, 5) is 2.22. The van der Waals surface area contributed by atoms with Gasteiger partial charge in [0.1, 0.15) is 0 Å². The zero-order chi connectivity index (χ0) is 7.68. The van der Waals surface area contributed by atoms with E-state index in [9.17, 15) is 5.11 Å². The number of rotatable bonds is 1. The Balaban J connectivity index is 2.08. The van der Waals surface area contributed by atoms with E-state index in [1.165, 1.54) is 5.69 Å². The molecule has 1 aliphatic heterocycles. The number of aliphatic hydroxyl groups excluding tert-OH is 1. The second-order valence-corrected chi connectivity index (χ2v) is 3.65. The predicted molar refractivity (Wildman–Crippen MR) is 47.2 cm³/mol. The molecule has 1 aromatic rings. The third-order valence-corrected chi connectivity index (χ3v) is 2.71. The largest absolute Gasteiger partial charge is 0.391 e. The van der Waals surface area contributed by atoms with Crippen molar-refractivity contribution >= 4 is 17.0 Å². The normalized spacial score (nSPS) is 24.5. The Hall–Kier alpha value is -0.540. The molecule has 1 saturated heterocycles. The molecule has 2 nitrogen and oxygen atoms in total. The fourth-order valence-electron chi connectivity index (χ4n) is 1.41. The van der Waals surface area contributed by atoms with Crippen LogP contribution in [0.3, 0.4) is 0 Å². The molecule has 3 heteroatoms. The molecule has 0 bridgehead atoms. The first-order valence-corrected chi connectivity index (χ1v) is 4.76. The summed E-state index contributed by atoms with van der Waals surface area (Å²) in [5.41, 5.74) is 1.26. The van der Waals surface area contributed by atoms with Crippen LogP contribution in [0.15, 0.2) is 16.8 Å². The van der Waals surface area contributed by atoms with Crippen molar-refractivity contribution in [1.29, 1.82) is 0 Å². The second-order valence-electron chi connectivity index (χ2n) is 2.87. The molecule has 0 aromatic carbocycles. The van der Waals surface area contributed by atoms with Crippen molar-refractivity contribution in [3.63, 3.8) is 0 Å². The van der Waals surface area contributed by atoms with Gasteiger partial charge in [0.05, 0.1) is 6.10 Å². The molecule has 0 amide bonds. The molecule has 1 unspecified atom stereocenters. The van der Waals surface area contributed by atoms with Crippen LogP contribution < -0.4 is 4.90 Å². The number of hydrogen-bond acceptors (Lipinski definition) is 3. The third kappa shape index (κ3) is 1.39. The summed E-state index contributed by atoms with van der Waals surface area (Å²) < 4.78 is 0. The Bertz CT molecular complexity index is 222. The molecular formula is C8H11NOS. The lowest BCUT2D eigenvalue weighted by atomic mass is 10.3. The van der Waals surface area contributed by atoms with Gasteiger partial charge in [0.15, 0.2) is 0 Å². The van der Waals surface area contributed by atoms with E-state index in [2.05, 4.69) is 21.7 Å². The van der Waals surface area contributed by atoms with Crippen LogP contribution in [0.25, 0.3) is 0 Å². The molecule has 60 valence electrons. The van der Waals surface area contributed by atoms with Crippen LogP contribution in [-0.4, -0.2) is 24.3 Å². The van der Waals surface area contributed by atoms with Gasteiger partial charge in [-0.15, -0.1) is 0 Å². The molecule has 1 fully saturated rings. The van der Waals surface area contributed by atoms with E-state index in [1.54, 1.807) is 11.3 Å². The van der Waals surface area contributed by atoms with E-state index in [-0.39, 0.29) is 6.10 Å². The highest BCUT2D eigenvalue weighted by Crippen LogP contribution is 2.22. The minimum Gasteiger partial charge on any atom is -0.391 e. The van der Waals surface area contributed by atoms with Crippen molar-refractivity contribution in [2.45, 2.75) is 12.5 Å². The van der Waals surface area contributed by atoms with E-state index >= 15 is 0 Å². The van der Waals surface area contributed by atoms with Gasteiger partial charge < -0.3 is 10.0 Å². The molecule has 1 aromatic heterocycles. The van der Waals surface area contributed by atoms with Crippen molar-refractivity contribution < 1.29 is 5.11 Å². The van der Waals surface area contributed by atoms with Crippen LogP contribution in [0, 0.1) is 0 Å². The first-order chi connectivity index (χ1) is 5.36. The van der Waals surface area contributed by atoms with Gasteiger partial charge in [0.2, 0.25) is 0 Å². The second kappa shape index (κ2) is 2.83. The Kier molecular flexibility index (Phi) is 1.84. The molecule has 0 spiro atoms. The molecular weight excluding hydrogens is 158 g/mol. The number of aliphatic hydroxyl groups is 1. The topological polar surface area (TPSA) is 23.5 Å². The van der Waals surface area contributed by atoms with E-state index in [4.69, 9.17) is 0 Å². The van der Waals surface area contributed by atoms with Crippen molar-refractivity contribution in [3.05, 3.63) is 16.8 Å². The average Bonchev–Trinajstić information content (AvgIpc) is 2.55. The van der Waals surface area contributed by atoms with Gasteiger partial charge in [-0.25, -0.2) is 0 Å². The summed E-state index contributed by atoms with van der Waals surface area (Å²) in [5, 5.41) is 13.5. The molecule has 1 aliphatic rings. The lowest BCUT2D eigenvalue weighted by Gasteiger charge is -2.14. The summed E-state index contributed by atoms with van der Waals surface area (Å²) in [6.07, 6.45) is 0.797. The van der Waals surface area contributed by atoms with Crippen molar-refractivity contribution in [1.82, 2.24) is 0 Å². The molecule has 2 heterocycles. The highest BCUT2D eigenvalue weighted by Gasteiger charge is 2.19. The highest BCUT2D eigenvalue weighted by atomic mass is 32.1. The van der Waals surface area contributed by atoms with Crippen LogP contribution >= 0.6 is 11.3 Å². The minimum absolute atomic E-state index is 0.116. The maximum Gasteiger partial charge on any atom is 0.0731 e. The first kappa shape index (κ1) is 7.13. The van der Waals surface area contributed by atoms with Crippen LogP contribution in [0.1, 0.15) is 6.42 Å². The lowest BCUT2D eigenvalue weighted by Crippen LogP contribution is -2.20. The smallest absolute Gasteiger partial charge is 0.0731 e. The Labute approximate surface area is 70.1 Å². The van der Waals surface area contributed by atoms with Gasteiger partial charge in [-0.3, -0.25) is 0 Å². The van der Waals surface area contributed by atoms with Crippen molar-refractivity contribution in [3.8, 4) is 0 Å². The van der Waals surface area contributed by atoms with Gasteiger partial charge >= 0.3 is 0 Å². The van der Waals surface area contributed by atoms with Crippen LogP contribution in [-0.2, 0) is 0 Å². The maximum atomic E-state index is 9.26. The number of hydrogen-bond donors (Lipinski definition) is 1. The molecule has 0 saturated carbocycles. The molecule has 1 atom stereocenters. The predicted octanol–water partition coefficient (Wildman–Crippen LogP) is 1.32. The minimum atomic E-state index is -0.116. The Morgan fingerprint density at radius 2 is 2.55 bits per heavy atom. The fraction of sp³-hybridized carbons (Fsp3) is 0.500. The number of thiophene rings is 1. The van der Waals surface area contributed by atoms with Crippen LogP contribution in [0.4, 0.5) is 5.69 Å². The Morgan fingerprint density at radius 3 is 3.09 bits per heavy atom. The number of β-amino-alcohol motifs (C(OH)–C–C–N with tert-alkyl or cyclic N) is 1. The molecule has 2 rings (SSSR count). The van der Waals surface area contributed by atoms with Gasteiger partial charge in [-0.2, -0.15) is 11.3 Å². The van der Waals surface area contributed by atoms with Crippen LogP contribution in [0.5, 0.6) is 0 Å². The number of nitrogens with zero attached hydrogens (tertiary/aromatic N) is 1. The molecule has 1 N–H and O–H groups in total. The van der Waals surface area contributed by atoms with E-state index in [0.29, 0.717) is 0 Å². The van der Waals surface area contributed by atoms with Gasteiger partial charge in [-0.1, -0.05) is 0 Å². The summed E-state index contributed by atoms with van der Waals surface area (Å²) in [6.45, 7) is 1.80. The standard InChI is InChI=1S/C8H11NOS/c10-8-1-3-9(5-8)7-2-4-11-6-7/h2,4,6,8,10H,1,3,5H2. The van der Waals surface area contributed by atoms with Crippen molar-refractivity contribution in [2.75, 3.05) is 18.0 Å². The molecule has 11 heavy (non-hydrogen) atoms. The molecule has 0 aliphatic carbocycles. The summed E-state index contributed by atoms with van der Waals surface area (Å²) >= 11 is 1.70. The summed E-state index contributed by atoms with van der Waals surface area (Å²) in [7, 11) is 0. The quantitative estimate of drug-likeness (QED) is 0.685. The van der Waals surface area contributed by atoms with E-state index in [0.717, 1.165) is 19.5 Å². The Morgan fingerprint density at radius 1 is 1.64 bits per heavy atom. The van der Waals surface area contributed by atoms with Crippen LogP contribution in [0.2, 0.25) is 0 Å². The lowest BCUT2D eigenvalue weighted by molar-refractivity contribution is 0.198. The third-order valence-electron chi connectivity index (χ3n) is 2.03. The summed E-state index contributed by atoms with van der Waals surface area (Å²) in [6, 6.07) is 2.10. The first-order valence-electron chi connectivity index (χ1n) is 3.81. The monoisotopic (exact) mass is 169 g/mol. The summed E-state index contributed by atoms with van der Waals surface area (Å²) in [5.74, 6) is 0. The van der Waals surface area contributed by atoms with Crippen molar-refractivity contribution in [2.24, 2.45) is 0 Å². The van der Waals surface area contributed by atoms with Gasteiger partial charge in [0.25, 0.3) is 0 Å². The number of anilines is 1.